The van der Waals surface area contributed by atoms with E-state index in [4.69, 9.17) is 9.47 Å². The van der Waals surface area contributed by atoms with Gasteiger partial charge in [-0.2, -0.15) is 5.10 Å². The first-order chi connectivity index (χ1) is 21.1. The molecule has 0 saturated heterocycles. The lowest BCUT2D eigenvalue weighted by molar-refractivity contribution is -0.146. The fourth-order valence-corrected chi connectivity index (χ4v) is 4.58. The van der Waals surface area contributed by atoms with Crippen molar-refractivity contribution >= 4 is 40.5 Å². The highest BCUT2D eigenvalue weighted by atomic mass is 16.5. The van der Waals surface area contributed by atoms with Crippen molar-refractivity contribution in [3.63, 3.8) is 0 Å². The third kappa shape index (κ3) is 7.35. The summed E-state index contributed by atoms with van der Waals surface area (Å²) < 4.78 is 12.8. The first kappa shape index (κ1) is 31.6. The Morgan fingerprint density at radius 1 is 0.932 bits per heavy atom. The molecule has 2 N–H and O–H groups in total. The SMILES string of the molecule is CCOC(=O)CC[C@H](NC(=O)c1ccc(NC(=O)Cn2c(C)nc3c(c(C)nn3-c3ccccc3)c2=O)cc1)C(=O)OCC. The first-order valence-corrected chi connectivity index (χ1v) is 14.2. The second kappa shape index (κ2) is 14.2. The molecular formula is C31H34N6O7. The van der Waals surface area contributed by atoms with Gasteiger partial charge >= 0.3 is 11.9 Å². The molecule has 44 heavy (non-hydrogen) atoms. The molecule has 4 aromatic rings. The Bertz CT molecular complexity index is 1730. The van der Waals surface area contributed by atoms with Gasteiger partial charge in [-0.15, -0.1) is 0 Å². The molecule has 0 aliphatic heterocycles. The number of ether oxygens (including phenoxy) is 2. The fourth-order valence-electron chi connectivity index (χ4n) is 4.58. The molecule has 0 bridgehead atoms. The van der Waals surface area contributed by atoms with Crippen LogP contribution >= 0.6 is 0 Å². The van der Waals surface area contributed by atoms with Gasteiger partial charge in [0.25, 0.3) is 11.5 Å². The number of para-hydroxylation sites is 1. The van der Waals surface area contributed by atoms with Gasteiger partial charge in [0.1, 0.15) is 23.8 Å². The van der Waals surface area contributed by atoms with Crippen LogP contribution in [0.3, 0.4) is 0 Å². The number of amides is 2. The molecule has 2 aromatic heterocycles. The summed E-state index contributed by atoms with van der Waals surface area (Å²) in [6, 6.07) is 14.3. The molecule has 2 amide bonds. The maximum atomic E-state index is 13.4. The summed E-state index contributed by atoms with van der Waals surface area (Å²) in [5, 5.41) is 10.1. The lowest BCUT2D eigenvalue weighted by Gasteiger charge is -2.17. The molecule has 4 rings (SSSR count). The summed E-state index contributed by atoms with van der Waals surface area (Å²) >= 11 is 0. The maximum absolute atomic E-state index is 13.4. The van der Waals surface area contributed by atoms with Crippen molar-refractivity contribution in [1.29, 1.82) is 0 Å². The summed E-state index contributed by atoms with van der Waals surface area (Å²) in [6.45, 7) is 6.73. The molecule has 1 atom stereocenters. The Labute approximate surface area is 253 Å². The molecule has 2 heterocycles. The standard InChI is InChI=1S/C31H34N6O7/c1-5-43-26(39)17-16-24(31(42)44-6-2)34-29(40)21-12-14-22(15-13-21)33-25(38)18-36-20(4)32-28-27(30(36)41)19(3)35-37(28)23-10-8-7-9-11-23/h7-15,24H,5-6,16-18H2,1-4H3,(H,33,38)(H,34,40)/t24-/m0/s1. The van der Waals surface area contributed by atoms with E-state index >= 15 is 0 Å². The minimum atomic E-state index is -1.04. The van der Waals surface area contributed by atoms with Crippen molar-refractivity contribution in [3.05, 3.63) is 82.0 Å². The van der Waals surface area contributed by atoms with Crippen LogP contribution in [0.15, 0.2) is 59.4 Å². The lowest BCUT2D eigenvalue weighted by atomic mass is 10.1. The number of aromatic nitrogens is 4. The number of carbonyl (C=O) groups excluding carboxylic acids is 4. The summed E-state index contributed by atoms with van der Waals surface area (Å²) in [5.41, 5.74) is 1.90. The van der Waals surface area contributed by atoms with Crippen LogP contribution in [0.2, 0.25) is 0 Å². The zero-order chi connectivity index (χ0) is 31.8. The van der Waals surface area contributed by atoms with E-state index in [0.717, 1.165) is 5.69 Å². The number of aryl methyl sites for hydroxylation is 2. The van der Waals surface area contributed by atoms with Crippen LogP contribution in [-0.2, 0) is 30.4 Å². The number of benzene rings is 2. The van der Waals surface area contributed by atoms with E-state index in [-0.39, 0.29) is 43.7 Å². The van der Waals surface area contributed by atoms with Crippen molar-refractivity contribution < 1.29 is 28.7 Å². The van der Waals surface area contributed by atoms with Crippen LogP contribution in [0.25, 0.3) is 16.7 Å². The number of nitrogens with one attached hydrogen (secondary N) is 2. The number of nitrogens with zero attached hydrogens (tertiary/aromatic N) is 4. The predicted molar refractivity (Wildman–Crippen MR) is 161 cm³/mol. The van der Waals surface area contributed by atoms with Crippen molar-refractivity contribution in [2.45, 2.75) is 53.1 Å². The molecule has 13 heteroatoms. The summed E-state index contributed by atoms with van der Waals surface area (Å²) in [5.74, 6) is -1.82. The van der Waals surface area contributed by atoms with Gasteiger partial charge in [0.2, 0.25) is 5.91 Å². The van der Waals surface area contributed by atoms with Crippen molar-refractivity contribution in [2.75, 3.05) is 18.5 Å². The molecule has 0 unspecified atom stereocenters. The molecule has 2 aromatic carbocycles. The average Bonchev–Trinajstić information content (AvgIpc) is 3.34. The number of fused-ring (bicyclic) bond motifs is 1. The predicted octanol–water partition coefficient (Wildman–Crippen LogP) is 2.84. The molecule has 0 fully saturated rings. The number of carbonyl (C=O) groups is 4. The van der Waals surface area contributed by atoms with Crippen molar-refractivity contribution in [3.8, 4) is 5.69 Å². The van der Waals surface area contributed by atoms with Gasteiger partial charge in [-0.05, 0) is 70.5 Å². The Morgan fingerprint density at radius 2 is 1.61 bits per heavy atom. The molecule has 0 aliphatic carbocycles. The van der Waals surface area contributed by atoms with Crippen molar-refractivity contribution in [2.24, 2.45) is 0 Å². The molecular weight excluding hydrogens is 568 g/mol. The van der Waals surface area contributed by atoms with Crippen LogP contribution in [0.1, 0.15) is 48.6 Å². The van der Waals surface area contributed by atoms with Crippen LogP contribution in [0.4, 0.5) is 5.69 Å². The van der Waals surface area contributed by atoms with E-state index in [1.54, 1.807) is 32.4 Å². The first-order valence-electron chi connectivity index (χ1n) is 14.2. The maximum Gasteiger partial charge on any atom is 0.328 e. The number of rotatable bonds is 12. The molecule has 0 radical (unpaired) electrons. The number of esters is 2. The van der Waals surface area contributed by atoms with Crippen molar-refractivity contribution in [1.82, 2.24) is 24.6 Å². The van der Waals surface area contributed by atoms with Gasteiger partial charge in [0, 0.05) is 17.7 Å². The molecule has 0 aliphatic rings. The monoisotopic (exact) mass is 602 g/mol. The summed E-state index contributed by atoms with van der Waals surface area (Å²) in [7, 11) is 0. The topological polar surface area (TPSA) is 164 Å². The molecule has 13 nitrogen and oxygen atoms in total. The van der Waals surface area contributed by atoms with Gasteiger partial charge < -0.3 is 20.1 Å². The minimum absolute atomic E-state index is 0.0174. The number of anilines is 1. The third-order valence-electron chi connectivity index (χ3n) is 6.71. The second-order valence-electron chi connectivity index (χ2n) is 9.83. The number of hydrogen-bond acceptors (Lipinski definition) is 9. The average molecular weight is 603 g/mol. The molecule has 0 spiro atoms. The highest BCUT2D eigenvalue weighted by Crippen LogP contribution is 2.18. The van der Waals surface area contributed by atoms with E-state index < -0.39 is 29.8 Å². The van der Waals surface area contributed by atoms with Gasteiger partial charge in [0.05, 0.1) is 24.6 Å². The van der Waals surface area contributed by atoms with E-state index in [1.165, 1.54) is 28.8 Å². The van der Waals surface area contributed by atoms with E-state index in [1.807, 2.05) is 30.3 Å². The Balaban J connectivity index is 1.44. The van der Waals surface area contributed by atoms with E-state index in [9.17, 15) is 24.0 Å². The Hall–Kier alpha value is -5.33. The van der Waals surface area contributed by atoms with Gasteiger partial charge in [-0.25, -0.2) is 14.5 Å². The van der Waals surface area contributed by atoms with E-state index in [2.05, 4.69) is 20.7 Å². The second-order valence-corrected chi connectivity index (χ2v) is 9.83. The van der Waals surface area contributed by atoms with Crippen LogP contribution in [0, 0.1) is 13.8 Å². The van der Waals surface area contributed by atoms with Crippen LogP contribution in [0.5, 0.6) is 0 Å². The van der Waals surface area contributed by atoms with Crippen LogP contribution < -0.4 is 16.2 Å². The highest BCUT2D eigenvalue weighted by Gasteiger charge is 2.24. The normalized spacial score (nSPS) is 11.5. The fraction of sp³-hybridized carbons (Fsp3) is 0.323. The minimum Gasteiger partial charge on any atom is -0.466 e. The van der Waals surface area contributed by atoms with Gasteiger partial charge in [-0.3, -0.25) is 23.7 Å². The lowest BCUT2D eigenvalue weighted by Crippen LogP contribution is -2.42. The number of hydrogen-bond donors (Lipinski definition) is 2. The van der Waals surface area contributed by atoms with Crippen LogP contribution in [-0.4, -0.2) is 62.3 Å². The zero-order valence-electron chi connectivity index (χ0n) is 25.0. The van der Waals surface area contributed by atoms with Gasteiger partial charge in [-0.1, -0.05) is 18.2 Å². The third-order valence-corrected chi connectivity index (χ3v) is 6.71. The molecule has 0 saturated carbocycles. The smallest absolute Gasteiger partial charge is 0.328 e. The summed E-state index contributed by atoms with van der Waals surface area (Å²) in [4.78, 5) is 67.8. The molecule has 230 valence electrons. The Morgan fingerprint density at radius 3 is 2.27 bits per heavy atom. The van der Waals surface area contributed by atoms with E-state index in [0.29, 0.717) is 28.2 Å². The summed E-state index contributed by atoms with van der Waals surface area (Å²) in [6.07, 6.45) is -0.0495. The van der Waals surface area contributed by atoms with Gasteiger partial charge in [0.15, 0.2) is 5.65 Å². The highest BCUT2D eigenvalue weighted by molar-refractivity contribution is 5.98. The zero-order valence-corrected chi connectivity index (χ0v) is 25.0. The quantitative estimate of drug-likeness (QED) is 0.232. The Kier molecular flexibility index (Phi) is 10.2. The largest absolute Gasteiger partial charge is 0.466 e.